The van der Waals surface area contributed by atoms with Crippen molar-refractivity contribution < 1.29 is 14.5 Å². The highest BCUT2D eigenvalue weighted by Crippen LogP contribution is 2.34. The van der Waals surface area contributed by atoms with Crippen molar-refractivity contribution in [1.82, 2.24) is 4.90 Å². The molecule has 0 saturated carbocycles. The number of anilines is 1. The topological polar surface area (TPSA) is 83.8 Å². The number of hydrogen-bond acceptors (Lipinski definition) is 5. The minimum atomic E-state index is -0.562. The molecule has 0 aliphatic carbocycles. The number of thioether (sulfide) groups is 1. The van der Waals surface area contributed by atoms with Crippen LogP contribution in [0.25, 0.3) is 0 Å². The molecular formula is C19H17N3O4S. The van der Waals surface area contributed by atoms with E-state index in [1.807, 2.05) is 6.07 Å². The molecule has 138 valence electrons. The van der Waals surface area contributed by atoms with Crippen molar-refractivity contribution in [3.63, 3.8) is 0 Å². The van der Waals surface area contributed by atoms with Gasteiger partial charge in [-0.25, -0.2) is 0 Å². The highest BCUT2D eigenvalue weighted by atomic mass is 32.2. The molecule has 2 heterocycles. The maximum Gasteiger partial charge on any atom is 0.271 e. The predicted octanol–water partition coefficient (Wildman–Crippen LogP) is 2.70. The van der Waals surface area contributed by atoms with Gasteiger partial charge in [-0.1, -0.05) is 24.3 Å². The molecule has 8 heteroatoms. The average Bonchev–Trinajstić information content (AvgIpc) is 3.34. The Hall–Kier alpha value is -2.87. The number of carbonyl (C=O) groups is 2. The molecule has 0 unspecified atom stereocenters. The SMILES string of the molecule is O=C([C@@H]1CSCN1C(=O)c1ccccc1)N1CCc2ccc([N+](=O)[O-])cc21. The monoisotopic (exact) mass is 383 g/mol. The highest BCUT2D eigenvalue weighted by molar-refractivity contribution is 7.99. The Bertz CT molecular complexity index is 918. The first-order valence-electron chi connectivity index (χ1n) is 8.59. The minimum absolute atomic E-state index is 0.0357. The number of benzene rings is 2. The van der Waals surface area contributed by atoms with E-state index in [1.165, 1.54) is 23.9 Å². The van der Waals surface area contributed by atoms with Crippen molar-refractivity contribution >= 4 is 35.0 Å². The summed E-state index contributed by atoms with van der Waals surface area (Å²) in [7, 11) is 0. The Morgan fingerprint density at radius 3 is 2.67 bits per heavy atom. The zero-order valence-corrected chi connectivity index (χ0v) is 15.2. The van der Waals surface area contributed by atoms with E-state index in [4.69, 9.17) is 0 Å². The Morgan fingerprint density at radius 1 is 1.15 bits per heavy atom. The van der Waals surface area contributed by atoms with Gasteiger partial charge in [0.1, 0.15) is 6.04 Å². The van der Waals surface area contributed by atoms with Gasteiger partial charge >= 0.3 is 0 Å². The van der Waals surface area contributed by atoms with E-state index in [0.29, 0.717) is 35.8 Å². The van der Waals surface area contributed by atoms with Crippen LogP contribution >= 0.6 is 11.8 Å². The third kappa shape index (κ3) is 3.16. The van der Waals surface area contributed by atoms with Crippen LogP contribution in [0.15, 0.2) is 48.5 Å². The van der Waals surface area contributed by atoms with Crippen molar-refractivity contribution in [3.05, 3.63) is 69.8 Å². The average molecular weight is 383 g/mol. The standard InChI is InChI=1S/C19H17N3O4S/c23-18(14-4-2-1-3-5-14)21-12-27-11-17(21)19(24)20-9-8-13-6-7-15(22(25)26)10-16(13)20/h1-7,10,17H,8-9,11-12H2/t17-/m0/s1. The number of amides is 2. The largest absolute Gasteiger partial charge is 0.316 e. The molecule has 2 aromatic rings. The van der Waals surface area contributed by atoms with E-state index in [0.717, 1.165) is 5.56 Å². The van der Waals surface area contributed by atoms with Gasteiger partial charge in [-0.15, -0.1) is 11.8 Å². The lowest BCUT2D eigenvalue weighted by molar-refractivity contribution is -0.384. The minimum Gasteiger partial charge on any atom is -0.316 e. The number of rotatable bonds is 3. The molecule has 27 heavy (non-hydrogen) atoms. The fourth-order valence-electron chi connectivity index (χ4n) is 3.48. The quantitative estimate of drug-likeness (QED) is 0.601. The number of carbonyl (C=O) groups excluding carboxylic acids is 2. The zero-order valence-electron chi connectivity index (χ0n) is 14.4. The molecule has 4 rings (SSSR count). The summed E-state index contributed by atoms with van der Waals surface area (Å²) in [6.45, 7) is 0.476. The Balaban J connectivity index is 1.59. The predicted molar refractivity (Wildman–Crippen MR) is 103 cm³/mol. The second kappa shape index (κ2) is 7.03. The number of nitrogens with zero attached hydrogens (tertiary/aromatic N) is 3. The van der Waals surface area contributed by atoms with Crippen molar-refractivity contribution in [2.24, 2.45) is 0 Å². The van der Waals surface area contributed by atoms with Gasteiger partial charge in [-0.2, -0.15) is 0 Å². The van der Waals surface area contributed by atoms with Crippen LogP contribution in [0.4, 0.5) is 11.4 Å². The van der Waals surface area contributed by atoms with Crippen molar-refractivity contribution in [3.8, 4) is 0 Å². The van der Waals surface area contributed by atoms with Crippen LogP contribution in [0.5, 0.6) is 0 Å². The normalized spacial score (nSPS) is 18.4. The van der Waals surface area contributed by atoms with Crippen LogP contribution in [0.3, 0.4) is 0 Å². The molecule has 7 nitrogen and oxygen atoms in total. The van der Waals surface area contributed by atoms with Crippen LogP contribution in [0.2, 0.25) is 0 Å². The summed E-state index contributed by atoms with van der Waals surface area (Å²) in [5, 5.41) is 11.1. The second-order valence-electron chi connectivity index (χ2n) is 6.47. The maximum absolute atomic E-state index is 13.2. The van der Waals surface area contributed by atoms with Gasteiger partial charge < -0.3 is 9.80 Å². The summed E-state index contributed by atoms with van der Waals surface area (Å²) in [5.41, 5.74) is 2.01. The van der Waals surface area contributed by atoms with E-state index < -0.39 is 11.0 Å². The van der Waals surface area contributed by atoms with Crippen LogP contribution in [-0.2, 0) is 11.2 Å². The molecule has 0 spiro atoms. The van der Waals surface area contributed by atoms with Gasteiger partial charge in [-0.05, 0) is 24.1 Å². The van der Waals surface area contributed by atoms with Gasteiger partial charge in [0, 0.05) is 30.0 Å². The first kappa shape index (κ1) is 17.5. The molecule has 1 atom stereocenters. The fraction of sp³-hybridized carbons (Fsp3) is 0.263. The smallest absolute Gasteiger partial charge is 0.271 e. The third-order valence-electron chi connectivity index (χ3n) is 4.89. The van der Waals surface area contributed by atoms with E-state index in [9.17, 15) is 19.7 Å². The summed E-state index contributed by atoms with van der Waals surface area (Å²) >= 11 is 1.54. The van der Waals surface area contributed by atoms with Gasteiger partial charge in [0.25, 0.3) is 17.5 Å². The second-order valence-corrected chi connectivity index (χ2v) is 7.47. The van der Waals surface area contributed by atoms with E-state index in [1.54, 1.807) is 40.1 Å². The lowest BCUT2D eigenvalue weighted by Gasteiger charge is -2.27. The molecule has 0 aromatic heterocycles. The highest BCUT2D eigenvalue weighted by Gasteiger charge is 2.39. The number of nitro benzene ring substituents is 1. The Morgan fingerprint density at radius 2 is 1.93 bits per heavy atom. The summed E-state index contributed by atoms with van der Waals surface area (Å²) in [4.78, 5) is 39.8. The van der Waals surface area contributed by atoms with Gasteiger partial charge in [0.2, 0.25) is 0 Å². The van der Waals surface area contributed by atoms with Gasteiger partial charge in [0.05, 0.1) is 16.5 Å². The molecule has 1 fully saturated rings. The summed E-state index contributed by atoms with van der Waals surface area (Å²) in [6, 6.07) is 13.0. The number of hydrogen-bond donors (Lipinski definition) is 0. The number of non-ortho nitro benzene ring substituents is 1. The molecule has 2 amide bonds. The van der Waals surface area contributed by atoms with Crippen LogP contribution < -0.4 is 4.90 Å². The van der Waals surface area contributed by atoms with Crippen molar-refractivity contribution in [2.75, 3.05) is 23.1 Å². The molecule has 2 aliphatic rings. The van der Waals surface area contributed by atoms with Crippen molar-refractivity contribution in [1.29, 1.82) is 0 Å². The molecule has 1 saturated heterocycles. The Kier molecular flexibility index (Phi) is 4.57. The lowest BCUT2D eigenvalue weighted by Crippen LogP contribution is -2.48. The molecule has 2 aliphatic heterocycles. The summed E-state index contributed by atoms with van der Waals surface area (Å²) < 4.78 is 0. The molecule has 0 N–H and O–H groups in total. The van der Waals surface area contributed by atoms with Crippen LogP contribution in [-0.4, -0.2) is 45.9 Å². The van der Waals surface area contributed by atoms with Crippen molar-refractivity contribution in [2.45, 2.75) is 12.5 Å². The van der Waals surface area contributed by atoms with E-state index in [-0.39, 0.29) is 17.5 Å². The molecule has 0 bridgehead atoms. The third-order valence-corrected chi connectivity index (χ3v) is 5.90. The first-order valence-corrected chi connectivity index (χ1v) is 9.74. The Labute approximate surface area is 160 Å². The first-order chi connectivity index (χ1) is 13.1. The number of fused-ring (bicyclic) bond motifs is 1. The van der Waals surface area contributed by atoms with Gasteiger partial charge in [-0.3, -0.25) is 19.7 Å². The lowest BCUT2D eigenvalue weighted by atomic mass is 10.1. The maximum atomic E-state index is 13.2. The summed E-state index contributed by atoms with van der Waals surface area (Å²) in [5.74, 6) is 0.638. The zero-order chi connectivity index (χ0) is 19.0. The van der Waals surface area contributed by atoms with Gasteiger partial charge in [0.15, 0.2) is 0 Å². The van der Waals surface area contributed by atoms with Crippen LogP contribution in [0, 0.1) is 10.1 Å². The molecular weight excluding hydrogens is 366 g/mol. The van der Waals surface area contributed by atoms with E-state index in [2.05, 4.69) is 0 Å². The number of nitro groups is 1. The molecule has 0 radical (unpaired) electrons. The van der Waals surface area contributed by atoms with E-state index >= 15 is 0 Å². The van der Waals surface area contributed by atoms with Crippen LogP contribution in [0.1, 0.15) is 15.9 Å². The molecule has 2 aromatic carbocycles. The fourth-order valence-corrected chi connectivity index (χ4v) is 4.63. The summed E-state index contributed by atoms with van der Waals surface area (Å²) in [6.07, 6.45) is 0.658.